The Balaban J connectivity index is 1.26. The molecule has 6 heterocycles. The van der Waals surface area contributed by atoms with E-state index < -0.39 is 5.82 Å². The molecule has 5 atom stereocenters. The fourth-order valence-electron chi connectivity index (χ4n) is 8.82. The number of aryl methyl sites for hydroxylation is 3. The van der Waals surface area contributed by atoms with Gasteiger partial charge < -0.3 is 19.5 Å². The molecule has 3 aromatic heterocycles. The number of pyridine rings is 2. The topological polar surface area (TPSA) is 96.1 Å². The minimum atomic E-state index is -0.481. The van der Waals surface area contributed by atoms with Crippen LogP contribution in [0.3, 0.4) is 0 Å². The molecule has 2 aromatic carbocycles. The van der Waals surface area contributed by atoms with Crippen molar-refractivity contribution in [1.29, 1.82) is 5.26 Å². The number of hydrogen-bond acceptors (Lipinski definition) is 6. The Hall–Kier alpha value is -4.23. The van der Waals surface area contributed by atoms with Gasteiger partial charge in [0, 0.05) is 70.8 Å². The quantitative estimate of drug-likeness (QED) is 0.173. The van der Waals surface area contributed by atoms with Gasteiger partial charge in [-0.25, -0.2) is 9.37 Å². The van der Waals surface area contributed by atoms with E-state index in [1.165, 1.54) is 0 Å². The molecule has 1 N–H and O–H groups in total. The molecule has 260 valence electrons. The van der Waals surface area contributed by atoms with E-state index in [0.717, 1.165) is 53.7 Å². The van der Waals surface area contributed by atoms with Gasteiger partial charge >= 0.3 is 0 Å². The molecule has 10 rings (SSSR count). The van der Waals surface area contributed by atoms with E-state index in [-0.39, 0.29) is 53.0 Å². The summed E-state index contributed by atoms with van der Waals surface area (Å²) in [6.07, 6.45) is 7.35. The molecule has 2 saturated carbocycles. The van der Waals surface area contributed by atoms with Crippen molar-refractivity contribution in [2.45, 2.75) is 76.6 Å². The molecule has 0 unspecified atom stereocenters. The monoisotopic (exact) mass is 722 g/mol. The van der Waals surface area contributed by atoms with E-state index in [9.17, 15) is 10.1 Å². The normalized spacial score (nSPS) is 23.9. The van der Waals surface area contributed by atoms with Gasteiger partial charge in [0.2, 0.25) is 5.91 Å². The second-order valence-corrected chi connectivity index (χ2v) is 15.5. The number of fused-ring (bicyclic) bond motifs is 4. The van der Waals surface area contributed by atoms with Crippen molar-refractivity contribution in [2.75, 3.05) is 13.1 Å². The molecule has 5 aliphatic rings. The second-order valence-electron chi connectivity index (χ2n) is 14.7. The average molecular weight is 724 g/mol. The number of amides is 1. The highest BCUT2D eigenvalue weighted by Gasteiger charge is 2.51. The number of halogens is 3. The number of nitrogens with one attached hydrogen (secondary N) is 1. The smallest absolute Gasteiger partial charge is 0.226 e. The molecule has 3 saturated heterocycles. The van der Waals surface area contributed by atoms with Crippen molar-refractivity contribution >= 4 is 50.9 Å². The zero-order chi connectivity index (χ0) is 35.1. The third-order valence-electron chi connectivity index (χ3n) is 11.5. The minimum Gasteiger partial charge on any atom is -0.487 e. The molecule has 51 heavy (non-hydrogen) atoms. The lowest BCUT2D eigenvalue weighted by atomic mass is 9.79. The summed E-state index contributed by atoms with van der Waals surface area (Å²) in [4.78, 5) is 25.2. The standard InChI is InChI=1S/C40H37Cl2FN6O2/c1-20-10-12-45-18-33(20)51-25-15-31(48(19-25)40(50)22-8-9-22)32-16-27-21(2)47-37-28(39(27)49(32)38-24-14-30(38)46-17-24)13-23(5-4-11-44)34(36(37)43)26-6-3-7-29(41)35(26)42/h3,6-7,10,12-13,16,18,22,24-25,30-31,38,46H,4-5,8-9,14-15,17,19H2,1-2H3/t24-,25+,30-,31-,38+/m1/s1. The first kappa shape index (κ1) is 32.7. The van der Waals surface area contributed by atoms with Gasteiger partial charge in [0.15, 0.2) is 5.82 Å². The lowest BCUT2D eigenvalue weighted by Gasteiger charge is -2.39. The number of nitrogens with zero attached hydrogens (tertiary/aromatic N) is 5. The number of hydrogen-bond donors (Lipinski definition) is 1. The number of benzene rings is 2. The zero-order valence-corrected chi connectivity index (χ0v) is 29.9. The van der Waals surface area contributed by atoms with E-state index >= 15 is 4.39 Å². The Morgan fingerprint density at radius 3 is 2.73 bits per heavy atom. The predicted octanol–water partition coefficient (Wildman–Crippen LogP) is 8.43. The van der Waals surface area contributed by atoms with Crippen molar-refractivity contribution in [3.8, 4) is 22.9 Å². The molecule has 3 aliphatic heterocycles. The van der Waals surface area contributed by atoms with Gasteiger partial charge in [0.05, 0.1) is 46.5 Å². The van der Waals surface area contributed by atoms with E-state index in [2.05, 4.69) is 27.0 Å². The van der Waals surface area contributed by atoms with Crippen LogP contribution < -0.4 is 10.1 Å². The Morgan fingerprint density at radius 1 is 1.16 bits per heavy atom. The van der Waals surface area contributed by atoms with Crippen molar-refractivity contribution in [3.05, 3.63) is 87.2 Å². The van der Waals surface area contributed by atoms with Crippen molar-refractivity contribution in [2.24, 2.45) is 11.8 Å². The third-order valence-corrected chi connectivity index (χ3v) is 12.3. The average Bonchev–Trinajstić information content (AvgIpc) is 3.40. The number of carbonyl (C=O) groups excluding carboxylic acids is 1. The highest BCUT2D eigenvalue weighted by Crippen LogP contribution is 2.51. The van der Waals surface area contributed by atoms with Crippen molar-refractivity contribution in [1.82, 2.24) is 24.8 Å². The third kappa shape index (κ3) is 5.29. The Morgan fingerprint density at radius 2 is 2.00 bits per heavy atom. The summed E-state index contributed by atoms with van der Waals surface area (Å²) in [5, 5.41) is 15.5. The first-order valence-corrected chi connectivity index (χ1v) is 18.6. The Labute approximate surface area is 305 Å². The number of rotatable bonds is 8. The predicted molar refractivity (Wildman–Crippen MR) is 195 cm³/mol. The van der Waals surface area contributed by atoms with Crippen LogP contribution in [0.5, 0.6) is 5.75 Å². The molecular formula is C40H37Cl2FN6O2. The first-order chi connectivity index (χ1) is 24.7. The highest BCUT2D eigenvalue weighted by molar-refractivity contribution is 6.43. The van der Waals surface area contributed by atoms with Gasteiger partial charge in [-0.05, 0) is 80.8 Å². The molecule has 11 heteroatoms. The summed E-state index contributed by atoms with van der Waals surface area (Å²) < 4.78 is 26.2. The van der Waals surface area contributed by atoms with Gasteiger partial charge in [-0.15, -0.1) is 0 Å². The summed E-state index contributed by atoms with van der Waals surface area (Å²) in [5.74, 6) is 0.882. The van der Waals surface area contributed by atoms with Crippen molar-refractivity contribution in [3.63, 3.8) is 0 Å². The maximum Gasteiger partial charge on any atom is 0.226 e. The SMILES string of the molecule is Cc1ccncc1O[C@H]1C[C@H](c2cc3c(C)nc4c(F)c(-c5cccc(Cl)c5Cl)c(CCC#N)cc4c3n2[C@H]2[C@H]3CN[C@@H]2C3)N(C(=O)C2CC2)C1. The van der Waals surface area contributed by atoms with Crippen LogP contribution in [0.15, 0.2) is 48.8 Å². The summed E-state index contributed by atoms with van der Waals surface area (Å²) in [6.45, 7) is 5.33. The first-order valence-electron chi connectivity index (χ1n) is 17.8. The van der Waals surface area contributed by atoms with Gasteiger partial charge in [-0.1, -0.05) is 35.3 Å². The van der Waals surface area contributed by atoms with E-state index in [1.807, 2.05) is 30.9 Å². The van der Waals surface area contributed by atoms with Crippen LogP contribution in [0.2, 0.25) is 10.0 Å². The molecule has 0 radical (unpaired) electrons. The van der Waals surface area contributed by atoms with Gasteiger partial charge in [0.1, 0.15) is 17.4 Å². The summed E-state index contributed by atoms with van der Waals surface area (Å²) in [6, 6.07) is 13.8. The lowest BCUT2D eigenvalue weighted by molar-refractivity contribution is -0.133. The fraction of sp³-hybridized carbons (Fsp3) is 0.400. The molecule has 5 aromatic rings. The highest BCUT2D eigenvalue weighted by atomic mass is 35.5. The van der Waals surface area contributed by atoms with Gasteiger partial charge in [0.25, 0.3) is 0 Å². The molecule has 2 aliphatic carbocycles. The molecule has 0 spiro atoms. The maximum absolute atomic E-state index is 17.2. The zero-order valence-electron chi connectivity index (χ0n) is 28.4. The number of nitriles is 1. The second kappa shape index (κ2) is 12.5. The van der Waals surface area contributed by atoms with E-state index in [4.69, 9.17) is 32.9 Å². The van der Waals surface area contributed by atoms with Crippen LogP contribution in [-0.4, -0.2) is 50.6 Å². The lowest BCUT2D eigenvalue weighted by Crippen LogP contribution is -2.41. The van der Waals surface area contributed by atoms with Crippen LogP contribution in [0.1, 0.15) is 66.7 Å². The van der Waals surface area contributed by atoms with Crippen LogP contribution in [0.25, 0.3) is 32.9 Å². The Kier molecular flexibility index (Phi) is 7.99. The minimum absolute atomic E-state index is 0.0449. The number of ether oxygens (including phenoxy) is 1. The molecule has 5 fully saturated rings. The number of likely N-dealkylation sites (tertiary alicyclic amines) is 1. The van der Waals surface area contributed by atoms with E-state index in [1.54, 1.807) is 30.6 Å². The van der Waals surface area contributed by atoms with Gasteiger partial charge in [-0.3, -0.25) is 9.78 Å². The van der Waals surface area contributed by atoms with Crippen LogP contribution >= 0.6 is 23.2 Å². The maximum atomic E-state index is 17.2. The summed E-state index contributed by atoms with van der Waals surface area (Å²) in [5.41, 5.74) is 5.39. The van der Waals surface area contributed by atoms with Crippen LogP contribution in [0.4, 0.5) is 4.39 Å². The Bertz CT molecular complexity index is 2280. The number of aromatic nitrogens is 3. The molecule has 8 nitrogen and oxygen atoms in total. The number of carbonyl (C=O) groups is 1. The molecule has 2 bridgehead atoms. The van der Waals surface area contributed by atoms with Crippen molar-refractivity contribution < 1.29 is 13.9 Å². The van der Waals surface area contributed by atoms with Gasteiger partial charge in [-0.2, -0.15) is 5.26 Å². The van der Waals surface area contributed by atoms with Crippen LogP contribution in [0, 0.1) is 42.8 Å². The summed E-state index contributed by atoms with van der Waals surface area (Å²) in [7, 11) is 0. The fourth-order valence-corrected chi connectivity index (χ4v) is 9.22. The summed E-state index contributed by atoms with van der Waals surface area (Å²) >= 11 is 13.1. The van der Waals surface area contributed by atoms with Crippen LogP contribution in [-0.2, 0) is 11.2 Å². The van der Waals surface area contributed by atoms with E-state index in [0.29, 0.717) is 58.1 Å². The molecular weight excluding hydrogens is 686 g/mol. The molecule has 1 amide bonds. The largest absolute Gasteiger partial charge is 0.487 e.